The van der Waals surface area contributed by atoms with Crippen LogP contribution in [0.3, 0.4) is 0 Å². The maximum absolute atomic E-state index is 12.1. The number of nitrogens with one attached hydrogen (secondary N) is 1. The summed E-state index contributed by atoms with van der Waals surface area (Å²) in [7, 11) is 0. The van der Waals surface area contributed by atoms with Crippen LogP contribution in [0.5, 0.6) is 0 Å². The fourth-order valence-electron chi connectivity index (χ4n) is 3.42. The summed E-state index contributed by atoms with van der Waals surface area (Å²) < 4.78 is 10.9. The number of nitrogens with zero attached hydrogens (tertiary/aromatic N) is 1. The Morgan fingerprint density at radius 3 is 2.75 bits per heavy atom. The van der Waals surface area contributed by atoms with E-state index in [1.165, 1.54) is 0 Å². The van der Waals surface area contributed by atoms with E-state index in [0.29, 0.717) is 26.1 Å². The van der Waals surface area contributed by atoms with Gasteiger partial charge in [-0.1, -0.05) is 48.5 Å². The average Bonchev–Trinajstić information content (AvgIpc) is 3.31. The van der Waals surface area contributed by atoms with Gasteiger partial charge in [-0.25, -0.2) is 4.79 Å². The van der Waals surface area contributed by atoms with Crippen molar-refractivity contribution in [3.05, 3.63) is 72.0 Å². The largest absolute Gasteiger partial charge is 0.464 e. The number of para-hydroxylation sites is 1. The van der Waals surface area contributed by atoms with Crippen LogP contribution < -0.4 is 5.32 Å². The highest BCUT2D eigenvalue weighted by atomic mass is 16.6. The molecule has 0 saturated carbocycles. The molecule has 0 spiro atoms. The molecule has 2 aromatic carbocycles. The van der Waals surface area contributed by atoms with Gasteiger partial charge in [0.25, 0.3) is 0 Å². The van der Waals surface area contributed by atoms with Crippen LogP contribution in [-0.2, 0) is 16.0 Å². The quantitative estimate of drug-likeness (QED) is 0.681. The van der Waals surface area contributed by atoms with Gasteiger partial charge in [0.1, 0.15) is 11.7 Å². The van der Waals surface area contributed by atoms with Crippen LogP contribution in [0.2, 0.25) is 0 Å². The number of carbonyl (C=O) groups excluding carboxylic acids is 2. The van der Waals surface area contributed by atoms with E-state index in [1.54, 1.807) is 11.2 Å². The van der Waals surface area contributed by atoms with Crippen LogP contribution in [0.15, 0.2) is 65.3 Å². The second-order valence-corrected chi connectivity index (χ2v) is 6.84. The van der Waals surface area contributed by atoms with E-state index in [0.717, 1.165) is 22.1 Å². The van der Waals surface area contributed by atoms with E-state index >= 15 is 0 Å². The summed E-state index contributed by atoms with van der Waals surface area (Å²) in [5.74, 6) is -0.0799. The summed E-state index contributed by atoms with van der Waals surface area (Å²) >= 11 is 0. The summed E-state index contributed by atoms with van der Waals surface area (Å²) in [6.45, 7) is 1.35. The van der Waals surface area contributed by atoms with Crippen LogP contribution in [0.25, 0.3) is 11.0 Å². The molecule has 1 unspecified atom stereocenters. The fourth-order valence-corrected chi connectivity index (χ4v) is 3.42. The van der Waals surface area contributed by atoms with E-state index in [1.807, 2.05) is 54.6 Å². The van der Waals surface area contributed by atoms with Crippen LogP contribution in [-0.4, -0.2) is 36.5 Å². The molecule has 6 nitrogen and oxygen atoms in total. The second-order valence-electron chi connectivity index (χ2n) is 6.84. The number of benzene rings is 2. The minimum absolute atomic E-state index is 0.0799. The number of rotatable bonds is 7. The van der Waals surface area contributed by atoms with E-state index < -0.39 is 0 Å². The summed E-state index contributed by atoms with van der Waals surface area (Å²) in [5, 5.41) is 3.98. The first-order chi connectivity index (χ1) is 13.7. The van der Waals surface area contributed by atoms with Gasteiger partial charge in [0.05, 0.1) is 12.8 Å². The van der Waals surface area contributed by atoms with Crippen molar-refractivity contribution in [2.45, 2.75) is 18.9 Å². The van der Waals surface area contributed by atoms with Crippen molar-refractivity contribution in [2.75, 3.05) is 19.6 Å². The predicted octanol–water partition coefficient (Wildman–Crippen LogP) is 3.68. The Balaban J connectivity index is 1.22. The molecule has 2 heterocycles. The molecule has 3 aromatic rings. The van der Waals surface area contributed by atoms with E-state index in [4.69, 9.17) is 9.15 Å². The molecule has 0 bridgehead atoms. The minimum atomic E-state index is -0.369. The molecule has 144 valence electrons. The van der Waals surface area contributed by atoms with Crippen molar-refractivity contribution in [3.8, 4) is 0 Å². The number of furan rings is 1. The van der Waals surface area contributed by atoms with Gasteiger partial charge in [-0.05, 0) is 23.6 Å². The van der Waals surface area contributed by atoms with Gasteiger partial charge >= 0.3 is 6.09 Å². The second kappa shape index (κ2) is 8.17. The summed E-state index contributed by atoms with van der Waals surface area (Å²) in [5.41, 5.74) is 2.89. The monoisotopic (exact) mass is 378 g/mol. The highest BCUT2D eigenvalue weighted by Crippen LogP contribution is 2.25. The van der Waals surface area contributed by atoms with Crippen molar-refractivity contribution in [1.82, 2.24) is 10.2 Å². The third-order valence-electron chi connectivity index (χ3n) is 4.95. The Labute approximate surface area is 163 Å². The summed E-state index contributed by atoms with van der Waals surface area (Å²) in [4.78, 5) is 25.7. The number of fused-ring (bicyclic) bond motifs is 1. The Morgan fingerprint density at radius 2 is 1.89 bits per heavy atom. The molecule has 6 heteroatoms. The summed E-state index contributed by atoms with van der Waals surface area (Å²) in [6.07, 6.45) is 2.05. The molecule has 1 aliphatic rings. The predicted molar refractivity (Wildman–Crippen MR) is 105 cm³/mol. The van der Waals surface area contributed by atoms with Gasteiger partial charge in [-0.15, -0.1) is 0 Å². The van der Waals surface area contributed by atoms with Crippen LogP contribution >= 0.6 is 0 Å². The Hall–Kier alpha value is -3.28. The number of ether oxygens (including phenoxy) is 1. The molecule has 1 fully saturated rings. The van der Waals surface area contributed by atoms with Crippen LogP contribution in [0, 0.1) is 0 Å². The zero-order valence-electron chi connectivity index (χ0n) is 15.5. The molecular formula is C22H22N2O4. The lowest BCUT2D eigenvalue weighted by Gasteiger charge is -2.12. The third-order valence-corrected chi connectivity index (χ3v) is 4.95. The molecular weight excluding hydrogens is 356 g/mol. The highest BCUT2D eigenvalue weighted by molar-refractivity contribution is 5.81. The van der Waals surface area contributed by atoms with Crippen LogP contribution in [0.4, 0.5) is 4.79 Å². The molecule has 0 aliphatic carbocycles. The molecule has 4 rings (SSSR count). The molecule has 2 amide bonds. The first-order valence-corrected chi connectivity index (χ1v) is 9.43. The Morgan fingerprint density at radius 1 is 1.11 bits per heavy atom. The fraction of sp³-hybridized carbons (Fsp3) is 0.273. The highest BCUT2D eigenvalue weighted by Gasteiger charge is 2.32. The first-order valence-electron chi connectivity index (χ1n) is 9.43. The lowest BCUT2D eigenvalue weighted by Crippen LogP contribution is -2.32. The van der Waals surface area contributed by atoms with Crippen LogP contribution in [0.1, 0.15) is 23.7 Å². The number of cyclic esters (lactones) is 1. The van der Waals surface area contributed by atoms with Gasteiger partial charge in [0.15, 0.2) is 0 Å². The topological polar surface area (TPSA) is 71.8 Å². The molecule has 1 aliphatic heterocycles. The number of hydrogen-bond acceptors (Lipinski definition) is 4. The molecule has 28 heavy (non-hydrogen) atoms. The van der Waals surface area contributed by atoms with Gasteiger partial charge in [-0.2, -0.15) is 0 Å². The third kappa shape index (κ3) is 4.01. The SMILES string of the molecule is O=C(CCN1CC(c2ccccc2)OC1=O)NCCc1coc2ccccc12. The normalized spacial score (nSPS) is 16.4. The summed E-state index contributed by atoms with van der Waals surface area (Å²) in [6, 6.07) is 17.5. The standard InChI is InChI=1S/C22H22N2O4/c25-21(23-12-10-17-15-27-19-9-5-4-8-18(17)19)11-13-24-14-20(28-22(24)26)16-6-2-1-3-7-16/h1-9,15,20H,10-14H2,(H,23,25). The zero-order chi connectivity index (χ0) is 19.3. The van der Waals surface area contributed by atoms with Crippen molar-refractivity contribution >= 4 is 23.0 Å². The van der Waals surface area contributed by atoms with Crippen molar-refractivity contribution in [1.29, 1.82) is 0 Å². The zero-order valence-corrected chi connectivity index (χ0v) is 15.5. The molecule has 1 N–H and O–H groups in total. The minimum Gasteiger partial charge on any atom is -0.464 e. The first kappa shape index (κ1) is 18.1. The van der Waals surface area contributed by atoms with Gasteiger partial charge in [0, 0.05) is 24.9 Å². The van der Waals surface area contributed by atoms with E-state index in [9.17, 15) is 9.59 Å². The molecule has 1 aromatic heterocycles. The van der Waals surface area contributed by atoms with Gasteiger partial charge in [-0.3, -0.25) is 4.79 Å². The smallest absolute Gasteiger partial charge is 0.410 e. The van der Waals surface area contributed by atoms with Crippen molar-refractivity contribution in [2.24, 2.45) is 0 Å². The van der Waals surface area contributed by atoms with Gasteiger partial charge in [0.2, 0.25) is 5.91 Å². The molecule has 1 saturated heterocycles. The van der Waals surface area contributed by atoms with E-state index in [-0.39, 0.29) is 24.5 Å². The average molecular weight is 378 g/mol. The van der Waals surface area contributed by atoms with Crippen molar-refractivity contribution in [3.63, 3.8) is 0 Å². The maximum atomic E-state index is 12.1. The lowest BCUT2D eigenvalue weighted by atomic mass is 10.1. The molecule has 1 atom stereocenters. The Kier molecular flexibility index (Phi) is 5.28. The number of amides is 2. The molecule has 0 radical (unpaired) electrons. The van der Waals surface area contributed by atoms with Gasteiger partial charge < -0.3 is 19.4 Å². The maximum Gasteiger partial charge on any atom is 0.410 e. The van der Waals surface area contributed by atoms with E-state index in [2.05, 4.69) is 5.32 Å². The van der Waals surface area contributed by atoms with Crippen molar-refractivity contribution < 1.29 is 18.7 Å². The number of carbonyl (C=O) groups is 2. The lowest BCUT2D eigenvalue weighted by molar-refractivity contribution is -0.121. The Bertz CT molecular complexity index is 967. The number of hydrogen-bond donors (Lipinski definition) is 1.